The van der Waals surface area contributed by atoms with Crippen molar-refractivity contribution in [2.45, 2.75) is 19.9 Å². The van der Waals surface area contributed by atoms with Crippen molar-refractivity contribution in [1.29, 1.82) is 0 Å². The zero-order valence-electron chi connectivity index (χ0n) is 11.8. The van der Waals surface area contributed by atoms with E-state index in [1.54, 1.807) is 25.8 Å². The highest BCUT2D eigenvalue weighted by atomic mass is 35.5. The number of hydrogen-bond donors (Lipinski definition) is 1. The molecule has 0 aromatic heterocycles. The molecule has 1 unspecified atom stereocenters. The number of carbonyl (C=O) groups excluding carboxylic acids is 2. The zero-order chi connectivity index (χ0) is 13.5. The molecule has 7 heteroatoms. The van der Waals surface area contributed by atoms with Crippen molar-refractivity contribution in [3.8, 4) is 0 Å². The van der Waals surface area contributed by atoms with Gasteiger partial charge in [0.25, 0.3) is 0 Å². The Morgan fingerprint density at radius 1 is 1.37 bits per heavy atom. The van der Waals surface area contributed by atoms with Crippen molar-refractivity contribution in [3.05, 3.63) is 0 Å². The second kappa shape index (κ2) is 9.12. The molecule has 1 atom stereocenters. The summed E-state index contributed by atoms with van der Waals surface area (Å²) < 4.78 is 4.94. The number of ether oxygens (including phenoxy) is 1. The first-order chi connectivity index (χ1) is 8.56. The largest absolute Gasteiger partial charge is 0.465 e. The molecule has 0 aliphatic carbocycles. The Balaban J connectivity index is 0.00000324. The van der Waals surface area contributed by atoms with E-state index in [2.05, 4.69) is 5.32 Å². The van der Waals surface area contributed by atoms with E-state index in [1.807, 2.05) is 4.90 Å². The molecule has 0 spiro atoms. The molecule has 0 aromatic carbocycles. The topological polar surface area (TPSA) is 61.9 Å². The van der Waals surface area contributed by atoms with Crippen LogP contribution in [0.15, 0.2) is 0 Å². The van der Waals surface area contributed by atoms with Gasteiger partial charge < -0.3 is 15.0 Å². The van der Waals surface area contributed by atoms with E-state index in [-0.39, 0.29) is 30.8 Å². The fourth-order valence-corrected chi connectivity index (χ4v) is 1.81. The minimum Gasteiger partial charge on any atom is -0.465 e. The van der Waals surface area contributed by atoms with Crippen molar-refractivity contribution >= 4 is 24.3 Å². The molecule has 1 N–H and O–H groups in total. The van der Waals surface area contributed by atoms with E-state index >= 15 is 0 Å². The number of carbonyl (C=O) groups is 2. The molecular weight excluding hydrogens is 270 g/mol. The minimum absolute atomic E-state index is 0. The number of likely N-dealkylation sites (N-methyl/N-ethyl adjacent to an activating group) is 1. The molecule has 6 nitrogen and oxygen atoms in total. The molecule has 1 saturated heterocycles. The summed E-state index contributed by atoms with van der Waals surface area (Å²) in [4.78, 5) is 27.1. The predicted molar refractivity (Wildman–Crippen MR) is 75.4 cm³/mol. The Bertz CT molecular complexity index is 296. The maximum Gasteiger partial charge on any atom is 0.323 e. The molecule has 1 rings (SSSR count). The van der Waals surface area contributed by atoms with Crippen LogP contribution in [0.4, 0.5) is 0 Å². The van der Waals surface area contributed by atoms with Crippen molar-refractivity contribution in [3.63, 3.8) is 0 Å². The van der Waals surface area contributed by atoms with Gasteiger partial charge >= 0.3 is 5.97 Å². The van der Waals surface area contributed by atoms with Crippen LogP contribution < -0.4 is 5.32 Å². The van der Waals surface area contributed by atoms with Crippen LogP contribution in [-0.4, -0.2) is 74.1 Å². The van der Waals surface area contributed by atoms with Gasteiger partial charge in [0.15, 0.2) is 0 Å². The lowest BCUT2D eigenvalue weighted by atomic mass is 10.3. The van der Waals surface area contributed by atoms with Gasteiger partial charge in [-0.05, 0) is 20.9 Å². The van der Waals surface area contributed by atoms with Gasteiger partial charge in [0.2, 0.25) is 5.91 Å². The molecule has 1 heterocycles. The molecule has 19 heavy (non-hydrogen) atoms. The Kier molecular flexibility index (Phi) is 8.71. The van der Waals surface area contributed by atoms with Gasteiger partial charge in [-0.3, -0.25) is 14.5 Å². The summed E-state index contributed by atoms with van der Waals surface area (Å²) in [6.07, 6.45) is 0. The number of esters is 1. The molecule has 0 aromatic rings. The van der Waals surface area contributed by atoms with Crippen LogP contribution in [0.3, 0.4) is 0 Å². The molecule has 1 amide bonds. The van der Waals surface area contributed by atoms with E-state index in [9.17, 15) is 9.59 Å². The highest BCUT2D eigenvalue weighted by Gasteiger charge is 2.24. The minimum atomic E-state index is -0.392. The van der Waals surface area contributed by atoms with E-state index in [0.29, 0.717) is 6.61 Å². The summed E-state index contributed by atoms with van der Waals surface area (Å²) >= 11 is 0. The molecular formula is C12H24ClN3O3. The molecule has 0 bridgehead atoms. The Hall–Kier alpha value is -0.850. The number of hydrogen-bond acceptors (Lipinski definition) is 5. The second-order valence-corrected chi connectivity index (χ2v) is 4.47. The lowest BCUT2D eigenvalue weighted by Gasteiger charge is -2.30. The van der Waals surface area contributed by atoms with Gasteiger partial charge in [0.1, 0.15) is 6.04 Å². The summed E-state index contributed by atoms with van der Waals surface area (Å²) in [6, 6.07) is -0.392. The average molecular weight is 294 g/mol. The number of halogens is 1. The third kappa shape index (κ3) is 5.76. The van der Waals surface area contributed by atoms with Crippen LogP contribution in [0.2, 0.25) is 0 Å². The van der Waals surface area contributed by atoms with Crippen LogP contribution in [0, 0.1) is 0 Å². The summed E-state index contributed by atoms with van der Waals surface area (Å²) in [6.45, 7) is 7.29. The second-order valence-electron chi connectivity index (χ2n) is 4.47. The van der Waals surface area contributed by atoms with E-state index in [0.717, 1.165) is 26.2 Å². The third-order valence-corrected chi connectivity index (χ3v) is 3.14. The SMILES string of the molecule is CCOC(=O)C(C)N(C)CC(=O)N1CCNCC1.Cl. The summed E-state index contributed by atoms with van der Waals surface area (Å²) in [5.41, 5.74) is 0. The van der Waals surface area contributed by atoms with Crippen molar-refractivity contribution in [1.82, 2.24) is 15.1 Å². The number of nitrogens with zero attached hydrogens (tertiary/aromatic N) is 2. The lowest BCUT2D eigenvalue weighted by molar-refractivity contribution is -0.149. The van der Waals surface area contributed by atoms with Crippen molar-refractivity contribution < 1.29 is 14.3 Å². The first-order valence-corrected chi connectivity index (χ1v) is 6.41. The van der Waals surface area contributed by atoms with Crippen molar-refractivity contribution in [2.75, 3.05) is 46.4 Å². The Labute approximate surface area is 120 Å². The van der Waals surface area contributed by atoms with Gasteiger partial charge in [-0.1, -0.05) is 0 Å². The van der Waals surface area contributed by atoms with Crippen LogP contribution in [0.1, 0.15) is 13.8 Å². The van der Waals surface area contributed by atoms with Crippen LogP contribution >= 0.6 is 12.4 Å². The molecule has 0 saturated carbocycles. The molecule has 1 aliphatic rings. The average Bonchev–Trinajstić information content (AvgIpc) is 2.39. The lowest BCUT2D eigenvalue weighted by Crippen LogP contribution is -2.51. The maximum absolute atomic E-state index is 12.0. The fourth-order valence-electron chi connectivity index (χ4n) is 1.81. The number of amides is 1. The van der Waals surface area contributed by atoms with Crippen LogP contribution in [0.5, 0.6) is 0 Å². The van der Waals surface area contributed by atoms with Gasteiger partial charge in [0.05, 0.1) is 13.2 Å². The predicted octanol–water partition coefficient (Wildman–Crippen LogP) is -0.277. The van der Waals surface area contributed by atoms with E-state index in [1.165, 1.54) is 0 Å². The maximum atomic E-state index is 12.0. The van der Waals surface area contributed by atoms with Gasteiger partial charge in [-0.25, -0.2) is 0 Å². The zero-order valence-corrected chi connectivity index (χ0v) is 12.7. The number of rotatable bonds is 5. The van der Waals surface area contributed by atoms with Gasteiger partial charge in [0, 0.05) is 26.2 Å². The molecule has 1 fully saturated rings. The van der Waals surface area contributed by atoms with Crippen LogP contribution in [-0.2, 0) is 14.3 Å². The Morgan fingerprint density at radius 3 is 2.47 bits per heavy atom. The summed E-state index contributed by atoms with van der Waals surface area (Å²) in [7, 11) is 1.77. The van der Waals surface area contributed by atoms with Crippen LogP contribution in [0.25, 0.3) is 0 Å². The van der Waals surface area contributed by atoms with Gasteiger partial charge in [-0.2, -0.15) is 0 Å². The summed E-state index contributed by atoms with van der Waals surface area (Å²) in [5.74, 6) is -0.219. The molecule has 1 aliphatic heterocycles. The highest BCUT2D eigenvalue weighted by molar-refractivity contribution is 5.85. The van der Waals surface area contributed by atoms with Crippen molar-refractivity contribution in [2.24, 2.45) is 0 Å². The van der Waals surface area contributed by atoms with E-state index < -0.39 is 6.04 Å². The smallest absolute Gasteiger partial charge is 0.323 e. The molecule has 112 valence electrons. The normalized spacial score (nSPS) is 16.7. The monoisotopic (exact) mass is 293 g/mol. The first-order valence-electron chi connectivity index (χ1n) is 6.41. The summed E-state index contributed by atoms with van der Waals surface area (Å²) in [5, 5.41) is 3.20. The third-order valence-electron chi connectivity index (χ3n) is 3.14. The van der Waals surface area contributed by atoms with E-state index in [4.69, 9.17) is 4.74 Å². The fraction of sp³-hybridized carbons (Fsp3) is 0.833. The highest BCUT2D eigenvalue weighted by Crippen LogP contribution is 2.01. The number of piperazine rings is 1. The molecule has 0 radical (unpaired) electrons. The quantitative estimate of drug-likeness (QED) is 0.707. The Morgan fingerprint density at radius 2 is 1.95 bits per heavy atom. The number of nitrogens with one attached hydrogen (secondary N) is 1. The first kappa shape index (κ1) is 18.1. The van der Waals surface area contributed by atoms with Gasteiger partial charge in [-0.15, -0.1) is 12.4 Å². The standard InChI is InChI=1S/C12H23N3O3.ClH/c1-4-18-12(17)10(2)14(3)9-11(16)15-7-5-13-6-8-15;/h10,13H,4-9H2,1-3H3;1H.